The minimum absolute atomic E-state index is 0.307. The number of carbonyl (C=O) groups is 2. The normalized spacial score (nSPS) is 13.8. The first-order chi connectivity index (χ1) is 7.30. The first-order valence-corrected chi connectivity index (χ1v) is 4.41. The molecule has 0 aromatic heterocycles. The van der Waals surface area contributed by atoms with Crippen LogP contribution in [0, 0.1) is 5.92 Å². The first kappa shape index (κ1) is 14.5. The lowest BCUT2D eigenvalue weighted by Crippen LogP contribution is -2.35. The number of carbonyl (C=O) groups excluding carboxylic acids is 1. The van der Waals surface area contributed by atoms with Gasteiger partial charge in [-0.05, 0) is 19.4 Å². The van der Waals surface area contributed by atoms with Crippen LogP contribution in [0.3, 0.4) is 0 Å². The van der Waals surface area contributed by atoms with Crippen LogP contribution in [-0.4, -0.2) is 29.6 Å². The van der Waals surface area contributed by atoms with Gasteiger partial charge in [-0.3, -0.25) is 9.59 Å². The van der Waals surface area contributed by atoms with Gasteiger partial charge in [-0.25, -0.2) is 0 Å². The number of hydrogen-bond acceptors (Lipinski definition) is 3. The van der Waals surface area contributed by atoms with Crippen molar-refractivity contribution in [2.75, 3.05) is 6.61 Å². The first-order valence-electron chi connectivity index (χ1n) is 4.41. The highest BCUT2D eigenvalue weighted by Crippen LogP contribution is 2.23. The van der Waals surface area contributed by atoms with E-state index in [0.29, 0.717) is 6.61 Å². The molecule has 4 nitrogen and oxygen atoms in total. The molecule has 0 bridgehead atoms. The number of Topliss-reactive ketones (excluding diaryl/α,β-unsaturated/α-hetero) is 1. The molecule has 0 aromatic rings. The molecule has 0 spiro atoms. The molecule has 16 heavy (non-hydrogen) atoms. The van der Waals surface area contributed by atoms with Crippen molar-refractivity contribution in [3.63, 3.8) is 0 Å². The molecule has 0 aliphatic rings. The van der Waals surface area contributed by atoms with Crippen LogP contribution >= 0.6 is 0 Å². The van der Waals surface area contributed by atoms with Crippen molar-refractivity contribution in [2.45, 2.75) is 19.5 Å². The average molecular weight is 240 g/mol. The molecule has 0 rings (SSSR count). The molecule has 0 radical (unpaired) electrons. The molecular formula is C9H11F3O4. The third-order valence-electron chi connectivity index (χ3n) is 1.62. The summed E-state index contributed by atoms with van der Waals surface area (Å²) in [5.41, 5.74) is 0. The van der Waals surface area contributed by atoms with Crippen molar-refractivity contribution in [3.05, 3.63) is 12.3 Å². The van der Waals surface area contributed by atoms with Gasteiger partial charge in [0.05, 0.1) is 12.9 Å². The number of carboxylic acids is 1. The number of ketones is 1. The summed E-state index contributed by atoms with van der Waals surface area (Å²) in [6.45, 7) is 1.96. The fourth-order valence-electron chi connectivity index (χ4n) is 0.873. The van der Waals surface area contributed by atoms with E-state index in [1.807, 2.05) is 0 Å². The number of halogens is 3. The van der Waals surface area contributed by atoms with E-state index in [9.17, 15) is 22.8 Å². The fourth-order valence-corrected chi connectivity index (χ4v) is 0.873. The van der Waals surface area contributed by atoms with Gasteiger partial charge in [-0.2, -0.15) is 13.2 Å². The highest BCUT2D eigenvalue weighted by molar-refractivity contribution is 6.01. The predicted octanol–water partition coefficient (Wildman–Crippen LogP) is 1.76. The van der Waals surface area contributed by atoms with Crippen LogP contribution in [0.2, 0.25) is 0 Å². The predicted molar refractivity (Wildman–Crippen MR) is 47.6 cm³/mol. The third-order valence-corrected chi connectivity index (χ3v) is 1.62. The van der Waals surface area contributed by atoms with E-state index in [2.05, 4.69) is 4.74 Å². The van der Waals surface area contributed by atoms with Crippen LogP contribution in [0.5, 0.6) is 0 Å². The maximum Gasteiger partial charge on any atom is 0.450 e. The molecule has 0 aromatic carbocycles. The SMILES string of the molecule is CCOC=CCC(C(=O)O)C(=O)C(F)(F)F. The third kappa shape index (κ3) is 4.81. The van der Waals surface area contributed by atoms with E-state index in [-0.39, 0.29) is 0 Å². The number of aliphatic carboxylic acids is 1. The zero-order valence-corrected chi connectivity index (χ0v) is 8.45. The monoisotopic (exact) mass is 240 g/mol. The highest BCUT2D eigenvalue weighted by atomic mass is 19.4. The summed E-state index contributed by atoms with van der Waals surface area (Å²) >= 11 is 0. The lowest BCUT2D eigenvalue weighted by Gasteiger charge is -2.11. The minimum Gasteiger partial charge on any atom is -0.502 e. The van der Waals surface area contributed by atoms with Crippen LogP contribution in [0.25, 0.3) is 0 Å². The maximum absolute atomic E-state index is 12.0. The summed E-state index contributed by atoms with van der Waals surface area (Å²) in [6, 6.07) is 0. The largest absolute Gasteiger partial charge is 0.502 e. The molecule has 1 atom stereocenters. The summed E-state index contributed by atoms with van der Waals surface area (Å²) in [7, 11) is 0. The molecule has 0 aliphatic carbocycles. The van der Waals surface area contributed by atoms with Crippen molar-refractivity contribution in [1.29, 1.82) is 0 Å². The zero-order chi connectivity index (χ0) is 12.8. The maximum atomic E-state index is 12.0. The van der Waals surface area contributed by atoms with E-state index in [1.165, 1.54) is 0 Å². The van der Waals surface area contributed by atoms with Crippen LogP contribution in [-0.2, 0) is 14.3 Å². The molecule has 0 heterocycles. The number of hydrogen-bond donors (Lipinski definition) is 1. The van der Waals surface area contributed by atoms with Gasteiger partial charge >= 0.3 is 12.1 Å². The molecular weight excluding hydrogens is 229 g/mol. The molecule has 0 fully saturated rings. The van der Waals surface area contributed by atoms with E-state index >= 15 is 0 Å². The zero-order valence-electron chi connectivity index (χ0n) is 8.45. The lowest BCUT2D eigenvalue weighted by atomic mass is 10.00. The molecule has 0 saturated carbocycles. The average Bonchev–Trinajstić information content (AvgIpc) is 2.15. The molecule has 0 saturated heterocycles. The van der Waals surface area contributed by atoms with Gasteiger partial charge in [0, 0.05) is 0 Å². The van der Waals surface area contributed by atoms with Gasteiger partial charge in [0.25, 0.3) is 5.78 Å². The van der Waals surface area contributed by atoms with Gasteiger partial charge in [0.15, 0.2) is 0 Å². The van der Waals surface area contributed by atoms with Crippen molar-refractivity contribution < 1.29 is 32.6 Å². The summed E-state index contributed by atoms with van der Waals surface area (Å²) in [5, 5.41) is 8.47. The van der Waals surface area contributed by atoms with E-state index in [0.717, 1.165) is 12.3 Å². The highest BCUT2D eigenvalue weighted by Gasteiger charge is 2.45. The number of allylic oxidation sites excluding steroid dienone is 1. The van der Waals surface area contributed by atoms with Gasteiger partial charge < -0.3 is 9.84 Å². The van der Waals surface area contributed by atoms with Crippen molar-refractivity contribution >= 4 is 11.8 Å². The molecule has 0 amide bonds. The second-order valence-electron chi connectivity index (χ2n) is 2.82. The topological polar surface area (TPSA) is 63.6 Å². The van der Waals surface area contributed by atoms with Crippen molar-refractivity contribution in [1.82, 2.24) is 0 Å². The van der Waals surface area contributed by atoms with E-state index in [1.54, 1.807) is 6.92 Å². The summed E-state index contributed by atoms with van der Waals surface area (Å²) in [6.07, 6.45) is -3.54. The summed E-state index contributed by atoms with van der Waals surface area (Å²) < 4.78 is 40.6. The number of carboxylic acid groups (broad SMARTS) is 1. The van der Waals surface area contributed by atoms with Crippen molar-refractivity contribution in [3.8, 4) is 0 Å². The van der Waals surface area contributed by atoms with E-state index < -0.39 is 30.3 Å². The molecule has 0 aliphatic heterocycles. The lowest BCUT2D eigenvalue weighted by molar-refractivity contribution is -0.179. The fraction of sp³-hybridized carbons (Fsp3) is 0.556. The van der Waals surface area contributed by atoms with Gasteiger partial charge in [0.1, 0.15) is 5.92 Å². The molecule has 1 N–H and O–H groups in total. The Kier molecular flexibility index (Phi) is 5.55. The molecule has 1 unspecified atom stereocenters. The second kappa shape index (κ2) is 6.14. The number of rotatable bonds is 6. The Balaban J connectivity index is 4.52. The Morgan fingerprint density at radius 3 is 2.38 bits per heavy atom. The van der Waals surface area contributed by atoms with Crippen LogP contribution in [0.15, 0.2) is 12.3 Å². The Morgan fingerprint density at radius 2 is 2.00 bits per heavy atom. The summed E-state index contributed by atoms with van der Waals surface area (Å²) in [4.78, 5) is 21.1. The molecule has 7 heteroatoms. The van der Waals surface area contributed by atoms with Crippen molar-refractivity contribution in [2.24, 2.45) is 5.92 Å². The standard InChI is InChI=1S/C9H11F3O4/c1-2-16-5-3-4-6(8(14)15)7(13)9(10,11)12/h3,5-6H,2,4H2,1H3,(H,14,15). The Bertz CT molecular complexity index is 283. The van der Waals surface area contributed by atoms with Gasteiger partial charge in [-0.1, -0.05) is 0 Å². The van der Waals surface area contributed by atoms with Crippen LogP contribution in [0.4, 0.5) is 13.2 Å². The van der Waals surface area contributed by atoms with Crippen LogP contribution < -0.4 is 0 Å². The van der Waals surface area contributed by atoms with E-state index in [4.69, 9.17) is 5.11 Å². The Hall–Kier alpha value is -1.53. The minimum atomic E-state index is -5.14. The summed E-state index contributed by atoms with van der Waals surface area (Å²) in [5.74, 6) is -6.18. The number of ether oxygens (including phenoxy) is 1. The molecule has 92 valence electrons. The Morgan fingerprint density at radius 1 is 1.44 bits per heavy atom. The number of alkyl halides is 3. The van der Waals surface area contributed by atoms with Crippen LogP contribution in [0.1, 0.15) is 13.3 Å². The Labute approximate surface area is 89.7 Å². The van der Waals surface area contributed by atoms with Gasteiger partial charge in [-0.15, -0.1) is 0 Å². The van der Waals surface area contributed by atoms with Gasteiger partial charge in [0.2, 0.25) is 0 Å². The quantitative estimate of drug-likeness (QED) is 0.567. The smallest absolute Gasteiger partial charge is 0.450 e. The second-order valence-corrected chi connectivity index (χ2v) is 2.82.